The second-order valence-corrected chi connectivity index (χ2v) is 9.26. The highest BCUT2D eigenvalue weighted by molar-refractivity contribution is 8.26. The number of hydrogen-bond donors (Lipinski definition) is 1. The van der Waals surface area contributed by atoms with Crippen LogP contribution in [0.2, 0.25) is 0 Å². The zero-order chi connectivity index (χ0) is 23.1. The summed E-state index contributed by atoms with van der Waals surface area (Å²) in [4.78, 5) is 33.1. The molecule has 0 atom stereocenters. The number of ether oxygens (including phenoxy) is 1. The highest BCUT2D eigenvalue weighted by atomic mass is 32.2. The van der Waals surface area contributed by atoms with Gasteiger partial charge >= 0.3 is 0 Å². The lowest BCUT2D eigenvalue weighted by atomic mass is 10.2. The maximum Gasteiger partial charge on any atom is 0.267 e. The van der Waals surface area contributed by atoms with Crippen LogP contribution in [-0.4, -0.2) is 50.8 Å². The molecular weight excluding hydrogens is 444 g/mol. The highest BCUT2D eigenvalue weighted by Crippen LogP contribution is 2.33. The van der Waals surface area contributed by atoms with E-state index < -0.39 is 0 Å². The van der Waals surface area contributed by atoms with E-state index in [1.807, 2.05) is 26.0 Å². The molecule has 1 aliphatic rings. The Balaban J connectivity index is 1.95. The summed E-state index contributed by atoms with van der Waals surface area (Å²) in [5.74, 6) is 0.323. The van der Waals surface area contributed by atoms with Crippen LogP contribution in [0.1, 0.15) is 50.7 Å². The number of aryl methyl sites for hydroxylation is 1. The number of fused-ring (bicyclic) bond motifs is 1. The van der Waals surface area contributed by atoms with Crippen molar-refractivity contribution in [3.05, 3.63) is 44.7 Å². The monoisotopic (exact) mass is 474 g/mol. The van der Waals surface area contributed by atoms with Gasteiger partial charge in [-0.15, -0.1) is 0 Å². The number of pyridine rings is 1. The fourth-order valence-corrected chi connectivity index (χ4v) is 4.74. The normalized spacial score (nSPS) is 15.3. The van der Waals surface area contributed by atoms with Crippen LogP contribution in [0.15, 0.2) is 28.0 Å². The second-order valence-electron chi connectivity index (χ2n) is 7.58. The van der Waals surface area contributed by atoms with Crippen molar-refractivity contribution in [2.45, 2.75) is 46.5 Å². The van der Waals surface area contributed by atoms with E-state index in [-0.39, 0.29) is 11.5 Å². The third kappa shape index (κ3) is 5.57. The SMILES string of the molecule is CCCCCNc1nc2c(C)cccn2c(=O)c1/C=C1/SC(=S)N(CCCOCC)C1=O. The first-order valence-corrected chi connectivity index (χ1v) is 12.3. The molecule has 3 heterocycles. The van der Waals surface area contributed by atoms with E-state index in [1.165, 1.54) is 16.2 Å². The zero-order valence-corrected chi connectivity index (χ0v) is 20.5. The fourth-order valence-electron chi connectivity index (χ4n) is 3.45. The van der Waals surface area contributed by atoms with Crippen molar-refractivity contribution in [1.82, 2.24) is 14.3 Å². The molecule has 0 saturated carbocycles. The molecule has 0 radical (unpaired) electrons. The molecule has 1 aliphatic heterocycles. The van der Waals surface area contributed by atoms with Gasteiger partial charge in [0, 0.05) is 32.5 Å². The van der Waals surface area contributed by atoms with Gasteiger partial charge in [0.1, 0.15) is 15.8 Å². The number of thiocarbonyl (C=S) groups is 1. The van der Waals surface area contributed by atoms with Gasteiger partial charge in [0.15, 0.2) is 0 Å². The summed E-state index contributed by atoms with van der Waals surface area (Å²) in [6, 6.07) is 3.75. The summed E-state index contributed by atoms with van der Waals surface area (Å²) in [5.41, 5.74) is 1.68. The van der Waals surface area contributed by atoms with Crippen molar-refractivity contribution in [2.24, 2.45) is 0 Å². The van der Waals surface area contributed by atoms with Gasteiger partial charge < -0.3 is 10.1 Å². The van der Waals surface area contributed by atoms with Gasteiger partial charge in [-0.05, 0) is 44.4 Å². The van der Waals surface area contributed by atoms with Crippen LogP contribution in [0.4, 0.5) is 5.82 Å². The van der Waals surface area contributed by atoms with Crippen LogP contribution in [0, 0.1) is 6.92 Å². The first-order valence-electron chi connectivity index (χ1n) is 11.1. The number of carbonyl (C=O) groups excluding carboxylic acids is 1. The molecule has 0 aliphatic carbocycles. The van der Waals surface area contributed by atoms with Crippen LogP contribution in [0.25, 0.3) is 11.7 Å². The molecule has 1 amide bonds. The number of nitrogens with one attached hydrogen (secondary N) is 1. The average molecular weight is 475 g/mol. The standard InChI is InChI=1S/C23H30N4O3S2/c1-4-6-7-11-24-19-17(21(28)26-12-8-10-16(3)20(26)25-19)15-18-22(29)27(23(31)32-18)13-9-14-30-5-2/h8,10,12,15,24H,4-7,9,11,13-14H2,1-3H3/b18-15+. The van der Waals surface area contributed by atoms with E-state index in [1.54, 1.807) is 17.2 Å². The molecule has 3 rings (SSSR count). The largest absolute Gasteiger partial charge is 0.382 e. The summed E-state index contributed by atoms with van der Waals surface area (Å²) in [6.45, 7) is 8.44. The van der Waals surface area contributed by atoms with Gasteiger partial charge in [-0.2, -0.15) is 0 Å². The molecule has 172 valence electrons. The van der Waals surface area contributed by atoms with Crippen molar-refractivity contribution in [1.29, 1.82) is 0 Å². The van der Waals surface area contributed by atoms with Gasteiger partial charge in [-0.3, -0.25) is 18.9 Å². The molecule has 2 aromatic heterocycles. The van der Waals surface area contributed by atoms with Crippen LogP contribution >= 0.6 is 24.0 Å². The molecule has 0 unspecified atom stereocenters. The minimum atomic E-state index is -0.210. The van der Waals surface area contributed by atoms with Crippen LogP contribution in [-0.2, 0) is 9.53 Å². The van der Waals surface area contributed by atoms with Crippen molar-refractivity contribution < 1.29 is 9.53 Å². The molecule has 0 aromatic carbocycles. The van der Waals surface area contributed by atoms with E-state index in [0.29, 0.717) is 59.0 Å². The summed E-state index contributed by atoms with van der Waals surface area (Å²) >= 11 is 6.64. The molecular formula is C23H30N4O3S2. The van der Waals surface area contributed by atoms with Crippen LogP contribution in [0.3, 0.4) is 0 Å². The number of rotatable bonds is 11. The van der Waals surface area contributed by atoms with Crippen molar-refractivity contribution >= 4 is 51.7 Å². The Hall–Kier alpha value is -2.23. The smallest absolute Gasteiger partial charge is 0.267 e. The lowest BCUT2D eigenvalue weighted by Gasteiger charge is -2.14. The zero-order valence-electron chi connectivity index (χ0n) is 18.8. The Morgan fingerprint density at radius 3 is 2.81 bits per heavy atom. The van der Waals surface area contributed by atoms with Crippen molar-refractivity contribution in [3.63, 3.8) is 0 Å². The summed E-state index contributed by atoms with van der Waals surface area (Å²) < 4.78 is 7.39. The maximum atomic E-state index is 13.3. The van der Waals surface area contributed by atoms with E-state index in [4.69, 9.17) is 21.9 Å². The summed E-state index contributed by atoms with van der Waals surface area (Å²) in [6.07, 6.45) is 7.22. The predicted molar refractivity (Wildman–Crippen MR) is 135 cm³/mol. The summed E-state index contributed by atoms with van der Waals surface area (Å²) in [5, 5.41) is 3.32. The Morgan fingerprint density at radius 1 is 1.25 bits per heavy atom. The lowest BCUT2D eigenvalue weighted by Crippen LogP contribution is -2.29. The molecule has 1 saturated heterocycles. The van der Waals surface area contributed by atoms with Crippen LogP contribution < -0.4 is 10.9 Å². The number of nitrogens with zero attached hydrogens (tertiary/aromatic N) is 3. The number of hydrogen-bond acceptors (Lipinski definition) is 7. The first-order chi connectivity index (χ1) is 15.5. The molecule has 0 spiro atoms. The molecule has 7 nitrogen and oxygen atoms in total. The van der Waals surface area contributed by atoms with Gasteiger partial charge in [0.05, 0.1) is 10.5 Å². The first kappa shape index (κ1) is 24.4. The van der Waals surface area contributed by atoms with Gasteiger partial charge in [0.25, 0.3) is 11.5 Å². The number of carbonyl (C=O) groups is 1. The molecule has 1 fully saturated rings. The van der Waals surface area contributed by atoms with Gasteiger partial charge in [0.2, 0.25) is 0 Å². The fraction of sp³-hybridized carbons (Fsp3) is 0.478. The minimum absolute atomic E-state index is 0.179. The quantitative estimate of drug-likeness (QED) is 0.297. The molecule has 2 aromatic rings. The lowest BCUT2D eigenvalue weighted by molar-refractivity contribution is -0.122. The second kappa shape index (κ2) is 11.6. The number of aromatic nitrogens is 2. The number of thioether (sulfide) groups is 1. The van der Waals surface area contributed by atoms with Crippen molar-refractivity contribution in [2.75, 3.05) is 31.6 Å². The third-order valence-corrected chi connectivity index (χ3v) is 6.56. The molecule has 32 heavy (non-hydrogen) atoms. The maximum absolute atomic E-state index is 13.3. The Labute approximate surface area is 198 Å². The average Bonchev–Trinajstić information content (AvgIpc) is 3.04. The Kier molecular flexibility index (Phi) is 8.84. The molecule has 1 N–H and O–H groups in total. The molecule has 0 bridgehead atoms. The van der Waals surface area contributed by atoms with E-state index in [0.717, 1.165) is 24.8 Å². The Morgan fingerprint density at radius 2 is 2.06 bits per heavy atom. The van der Waals surface area contributed by atoms with E-state index >= 15 is 0 Å². The predicted octanol–water partition coefficient (Wildman–Crippen LogP) is 4.23. The van der Waals surface area contributed by atoms with Crippen molar-refractivity contribution in [3.8, 4) is 0 Å². The van der Waals surface area contributed by atoms with Gasteiger partial charge in [-0.1, -0.05) is 49.8 Å². The number of anilines is 1. The van der Waals surface area contributed by atoms with Gasteiger partial charge in [-0.25, -0.2) is 4.98 Å². The topological polar surface area (TPSA) is 75.9 Å². The Bertz CT molecular complexity index is 1080. The third-order valence-electron chi connectivity index (χ3n) is 5.18. The minimum Gasteiger partial charge on any atom is -0.382 e. The van der Waals surface area contributed by atoms with E-state index in [9.17, 15) is 9.59 Å². The highest BCUT2D eigenvalue weighted by Gasteiger charge is 2.32. The summed E-state index contributed by atoms with van der Waals surface area (Å²) in [7, 11) is 0. The van der Waals surface area contributed by atoms with E-state index in [2.05, 4.69) is 12.2 Å². The molecule has 9 heteroatoms. The number of unbranched alkanes of at least 4 members (excludes halogenated alkanes) is 2. The van der Waals surface area contributed by atoms with Crippen LogP contribution in [0.5, 0.6) is 0 Å². The number of amides is 1.